The predicted octanol–water partition coefficient (Wildman–Crippen LogP) is 5.20. The van der Waals surface area contributed by atoms with Crippen molar-refractivity contribution in [1.29, 1.82) is 0 Å². The van der Waals surface area contributed by atoms with Gasteiger partial charge in [0.15, 0.2) is 8.32 Å². The fraction of sp³-hybridized carbons (Fsp3) is 0.957. The van der Waals surface area contributed by atoms with Crippen LogP contribution in [0.5, 0.6) is 0 Å². The molecular formula is C23H54NO4SiTi-. The van der Waals surface area contributed by atoms with Gasteiger partial charge in [0.2, 0.25) is 0 Å². The van der Waals surface area contributed by atoms with Crippen LogP contribution < -0.4 is 0 Å². The first-order valence-electron chi connectivity index (χ1n) is 11.2. The topological polar surface area (TPSA) is 73.2 Å². The van der Waals surface area contributed by atoms with Gasteiger partial charge in [0.05, 0.1) is 5.72 Å². The van der Waals surface area contributed by atoms with E-state index in [1.807, 2.05) is 25.9 Å². The van der Waals surface area contributed by atoms with Gasteiger partial charge in [0, 0.05) is 40.5 Å². The van der Waals surface area contributed by atoms with E-state index in [2.05, 4.69) is 48.0 Å². The van der Waals surface area contributed by atoms with Gasteiger partial charge in [-0.15, -0.1) is 6.42 Å². The molecule has 0 saturated heterocycles. The Morgan fingerprint density at radius 2 is 1.13 bits per heavy atom. The van der Waals surface area contributed by atoms with Crippen molar-refractivity contribution in [3.8, 4) is 0 Å². The summed E-state index contributed by atoms with van der Waals surface area (Å²) in [6.07, 6.45) is 3.40. The predicted molar refractivity (Wildman–Crippen MR) is 130 cm³/mol. The summed E-state index contributed by atoms with van der Waals surface area (Å²) >= 11 is 0. The maximum atomic E-state index is 10.2. The van der Waals surface area contributed by atoms with Crippen molar-refractivity contribution >= 4 is 8.32 Å². The molecule has 3 N–H and O–H groups in total. The number of hydrogen-bond donors (Lipinski definition) is 3. The Hall–Kier alpha value is 0.731. The Bertz CT molecular complexity index is 343. The van der Waals surface area contributed by atoms with Crippen molar-refractivity contribution in [2.24, 2.45) is 0 Å². The second-order valence-electron chi connectivity index (χ2n) is 9.75. The third-order valence-electron chi connectivity index (χ3n) is 4.88. The zero-order chi connectivity index (χ0) is 24.0. The molecule has 0 bridgehead atoms. The zero-order valence-corrected chi connectivity index (χ0v) is 24.8. The molecule has 30 heavy (non-hydrogen) atoms. The minimum atomic E-state index is -1.74. The Kier molecular flexibility index (Phi) is 24.4. The number of unbranched alkanes of at least 4 members (excludes halogenated alkanes) is 1. The molecule has 0 radical (unpaired) electrons. The van der Waals surface area contributed by atoms with Gasteiger partial charge < -0.3 is 26.2 Å². The molecule has 5 nitrogen and oxygen atoms in total. The Morgan fingerprint density at radius 3 is 1.37 bits per heavy atom. The average molecular weight is 485 g/mol. The summed E-state index contributed by atoms with van der Waals surface area (Å²) in [6, 6.07) is 0. The van der Waals surface area contributed by atoms with E-state index in [0.29, 0.717) is 23.0 Å². The first-order chi connectivity index (χ1) is 12.9. The standard InChI is InChI=1S/C17H38NO2Si.2C3H8O.Ti/c1-14(2)21(15(3)4,16(5)6)20-13-11-10-12-17(7,19)18(8)9;2*1-3(2)4;/h10,14-16,19H,11-13H2,1-9H3;2*3-4H,1-2H3;/q-1;;;. The van der Waals surface area contributed by atoms with E-state index in [4.69, 9.17) is 14.6 Å². The molecule has 0 heterocycles. The van der Waals surface area contributed by atoms with Crippen LogP contribution in [0.2, 0.25) is 16.6 Å². The maximum Gasteiger partial charge on any atom is 0.200 e. The van der Waals surface area contributed by atoms with Gasteiger partial charge in [0.1, 0.15) is 0 Å². The fourth-order valence-electron chi connectivity index (χ4n) is 3.38. The molecule has 0 aliphatic rings. The summed E-state index contributed by atoms with van der Waals surface area (Å²) in [7, 11) is 2.06. The van der Waals surface area contributed by atoms with Gasteiger partial charge in [-0.3, -0.25) is 4.90 Å². The van der Waals surface area contributed by atoms with Crippen LogP contribution in [0, 0.1) is 6.42 Å². The van der Waals surface area contributed by atoms with Crippen LogP contribution in [0.3, 0.4) is 0 Å². The number of aliphatic hydroxyl groups is 3. The van der Waals surface area contributed by atoms with E-state index in [-0.39, 0.29) is 33.9 Å². The zero-order valence-electron chi connectivity index (χ0n) is 22.3. The van der Waals surface area contributed by atoms with E-state index in [1.165, 1.54) is 0 Å². The molecule has 0 aliphatic carbocycles. The van der Waals surface area contributed by atoms with Crippen molar-refractivity contribution < 1.29 is 41.5 Å². The van der Waals surface area contributed by atoms with E-state index in [0.717, 1.165) is 13.0 Å². The molecule has 7 heteroatoms. The molecule has 184 valence electrons. The molecular weight excluding hydrogens is 430 g/mol. The van der Waals surface area contributed by atoms with Crippen molar-refractivity contribution in [3.63, 3.8) is 0 Å². The van der Waals surface area contributed by atoms with Gasteiger partial charge >= 0.3 is 0 Å². The average Bonchev–Trinajstić information content (AvgIpc) is 2.48. The van der Waals surface area contributed by atoms with Crippen molar-refractivity contribution in [3.05, 3.63) is 6.42 Å². The summed E-state index contributed by atoms with van der Waals surface area (Å²) in [5, 5.41) is 26.3. The minimum absolute atomic E-state index is 0. The van der Waals surface area contributed by atoms with Gasteiger partial charge in [-0.25, -0.2) is 0 Å². The third-order valence-corrected chi connectivity index (χ3v) is 11.0. The van der Waals surface area contributed by atoms with Crippen LogP contribution in [-0.2, 0) is 26.1 Å². The van der Waals surface area contributed by atoms with Gasteiger partial charge in [0.25, 0.3) is 0 Å². The quantitative estimate of drug-likeness (QED) is 0.172. The minimum Gasteiger partial charge on any atom is -0.419 e. The normalized spacial score (nSPS) is 13.8. The summed E-state index contributed by atoms with van der Waals surface area (Å²) in [5.74, 6) is 0. The Balaban J connectivity index is -0.000000319. The first-order valence-corrected chi connectivity index (χ1v) is 13.3. The van der Waals surface area contributed by atoms with E-state index in [9.17, 15) is 5.11 Å². The molecule has 1 unspecified atom stereocenters. The molecule has 0 rings (SSSR count). The Morgan fingerprint density at radius 1 is 0.833 bits per heavy atom. The molecule has 1 atom stereocenters. The molecule has 0 aliphatic heterocycles. The second kappa shape index (κ2) is 19.2. The van der Waals surface area contributed by atoms with Crippen molar-refractivity contribution in [1.82, 2.24) is 4.90 Å². The van der Waals surface area contributed by atoms with E-state index >= 15 is 0 Å². The summed E-state index contributed by atoms with van der Waals surface area (Å²) in [4.78, 5) is 1.85. The Labute approximate surface area is 205 Å². The van der Waals surface area contributed by atoms with Crippen molar-refractivity contribution in [2.75, 3.05) is 20.7 Å². The number of aliphatic hydroxyl groups excluding tert-OH is 2. The smallest absolute Gasteiger partial charge is 0.200 e. The van der Waals surface area contributed by atoms with Crippen LogP contribution in [0.4, 0.5) is 0 Å². The number of hydrogen-bond acceptors (Lipinski definition) is 5. The SMILES string of the molecule is CC(C)O.CC(C)O.CC(C)[Si](OCC[CH-]CC(C)(O)N(C)C)(C(C)C)C(C)C.[Ti]. The van der Waals surface area contributed by atoms with Gasteiger partial charge in [-0.05, 0) is 65.3 Å². The molecule has 0 fully saturated rings. The third kappa shape index (κ3) is 18.3. The van der Waals surface area contributed by atoms with E-state index < -0.39 is 14.0 Å². The van der Waals surface area contributed by atoms with Crippen LogP contribution in [0.1, 0.15) is 89.0 Å². The summed E-state index contributed by atoms with van der Waals surface area (Å²) in [6.45, 7) is 23.4. The van der Waals surface area contributed by atoms with Gasteiger partial charge in [-0.2, -0.15) is 6.42 Å². The summed E-state index contributed by atoms with van der Waals surface area (Å²) in [5.41, 5.74) is 1.12. The summed E-state index contributed by atoms with van der Waals surface area (Å²) < 4.78 is 6.50. The fourth-order valence-corrected chi connectivity index (χ4v) is 8.85. The van der Waals surface area contributed by atoms with E-state index in [1.54, 1.807) is 27.7 Å². The molecule has 0 aromatic heterocycles. The van der Waals surface area contributed by atoms with Crippen LogP contribution in [0.15, 0.2) is 0 Å². The monoisotopic (exact) mass is 484 g/mol. The van der Waals surface area contributed by atoms with Crippen molar-refractivity contribution in [2.45, 2.75) is 124 Å². The first kappa shape index (κ1) is 38.0. The molecule has 0 aromatic rings. The molecule has 0 spiro atoms. The molecule has 0 amide bonds. The maximum absolute atomic E-state index is 10.2. The number of rotatable bonds is 10. The molecule has 0 aromatic carbocycles. The number of nitrogens with zero attached hydrogens (tertiary/aromatic N) is 1. The second-order valence-corrected chi connectivity index (χ2v) is 15.2. The largest absolute Gasteiger partial charge is 0.419 e. The van der Waals surface area contributed by atoms with Crippen LogP contribution >= 0.6 is 0 Å². The van der Waals surface area contributed by atoms with Gasteiger partial charge in [-0.1, -0.05) is 41.5 Å². The van der Waals surface area contributed by atoms with Crippen LogP contribution in [0.25, 0.3) is 0 Å². The van der Waals surface area contributed by atoms with Crippen LogP contribution in [-0.4, -0.2) is 67.2 Å². The molecule has 0 saturated carbocycles.